The lowest BCUT2D eigenvalue weighted by Gasteiger charge is -2.21. The summed E-state index contributed by atoms with van der Waals surface area (Å²) in [6.45, 7) is 6.35. The zero-order valence-corrected chi connectivity index (χ0v) is 31.2. The van der Waals surface area contributed by atoms with E-state index in [0.29, 0.717) is 11.1 Å². The molecular weight excluding hydrogens is 772 g/mol. The first-order chi connectivity index (χ1) is 27.0. The molecule has 3 aromatic carbocycles. The Kier molecular flexibility index (Phi) is 14.5. The number of amides is 2. The van der Waals surface area contributed by atoms with Gasteiger partial charge in [0.05, 0.1) is 19.7 Å². The van der Waals surface area contributed by atoms with Crippen molar-refractivity contribution < 1.29 is 49.1 Å². The van der Waals surface area contributed by atoms with Crippen LogP contribution in [-0.2, 0) is 32.0 Å². The summed E-state index contributed by atoms with van der Waals surface area (Å²) in [7, 11) is 0. The molecule has 0 aliphatic carbocycles. The number of anilines is 4. The van der Waals surface area contributed by atoms with Crippen LogP contribution in [-0.4, -0.2) is 77.8 Å². The summed E-state index contributed by atoms with van der Waals surface area (Å²) in [6, 6.07) is 3.21. The molecule has 0 aromatic heterocycles. The quantitative estimate of drug-likeness (QED) is 0.0532. The standard InChI is InChI=1S/C34H40N10O14/c1-15(2)29(31(35)45)39-21-13-25(41(51)52)19(11-27(21)43(55)56)37-23(33(47)48)9-17-5-7-18(8-6-17)10-24(34(49)50)38-20-12-28(44(57)58)22(14-26(20)42(53)54)40-30(16(3)4)32(36)46/h5-8,11-16,23-24,29-30,37-40H,9-10H2,1-4H3,(H2,35,45)(H2,36,46)(H,47,48)(H,49,50)/t23-,24+,29-,30-/m0/s1. The number of nitro benzene ring substituents is 4. The van der Waals surface area contributed by atoms with Crippen LogP contribution in [0, 0.1) is 52.3 Å². The second-order valence-electron chi connectivity index (χ2n) is 13.6. The Morgan fingerprint density at radius 2 is 0.776 bits per heavy atom. The number of nitro groups is 4. The fourth-order valence-corrected chi connectivity index (χ4v) is 5.75. The summed E-state index contributed by atoms with van der Waals surface area (Å²) in [5, 5.41) is 77.9. The van der Waals surface area contributed by atoms with Gasteiger partial charge in [-0.1, -0.05) is 52.0 Å². The lowest BCUT2D eigenvalue weighted by atomic mass is 10.00. The molecule has 0 heterocycles. The minimum absolute atomic E-state index is 0.310. The summed E-state index contributed by atoms with van der Waals surface area (Å²) in [5.41, 5.74) is 6.59. The number of nitrogens with zero attached hydrogens (tertiary/aromatic N) is 4. The normalized spacial score (nSPS) is 13.1. The van der Waals surface area contributed by atoms with E-state index in [-0.39, 0.29) is 12.8 Å². The molecule has 3 aromatic rings. The highest BCUT2D eigenvalue weighted by Gasteiger charge is 2.32. The average molecular weight is 813 g/mol. The van der Waals surface area contributed by atoms with Gasteiger partial charge in [-0.2, -0.15) is 0 Å². The van der Waals surface area contributed by atoms with E-state index in [1.54, 1.807) is 27.7 Å². The van der Waals surface area contributed by atoms with Gasteiger partial charge in [0.2, 0.25) is 11.8 Å². The number of hydrogen-bond acceptors (Lipinski definition) is 16. The van der Waals surface area contributed by atoms with Crippen LogP contribution >= 0.6 is 0 Å². The topological polar surface area (TPSA) is 381 Å². The van der Waals surface area contributed by atoms with Crippen molar-refractivity contribution in [1.82, 2.24) is 0 Å². The highest BCUT2D eigenvalue weighted by Crippen LogP contribution is 2.39. The van der Waals surface area contributed by atoms with Crippen molar-refractivity contribution in [2.75, 3.05) is 21.3 Å². The van der Waals surface area contributed by atoms with Gasteiger partial charge in [-0.15, -0.1) is 0 Å². The van der Waals surface area contributed by atoms with Crippen molar-refractivity contribution in [1.29, 1.82) is 0 Å². The van der Waals surface area contributed by atoms with Crippen LogP contribution in [0.15, 0.2) is 48.5 Å². The molecular formula is C34H40N10O14. The summed E-state index contributed by atoms with van der Waals surface area (Å²) in [4.78, 5) is 92.7. The molecule has 0 aliphatic rings. The summed E-state index contributed by atoms with van der Waals surface area (Å²) < 4.78 is 0. The summed E-state index contributed by atoms with van der Waals surface area (Å²) in [5.74, 6) is -5.70. The molecule has 10 N–H and O–H groups in total. The molecule has 24 heteroatoms. The lowest BCUT2D eigenvalue weighted by Crippen LogP contribution is -2.39. The van der Waals surface area contributed by atoms with Crippen molar-refractivity contribution in [2.45, 2.75) is 64.7 Å². The van der Waals surface area contributed by atoms with Gasteiger partial charge in [-0.3, -0.25) is 50.0 Å². The number of carboxylic acid groups (broad SMARTS) is 2. The van der Waals surface area contributed by atoms with Gasteiger partial charge in [0.15, 0.2) is 0 Å². The fraction of sp³-hybridized carbons (Fsp3) is 0.353. The second-order valence-corrected chi connectivity index (χ2v) is 13.6. The molecule has 0 radical (unpaired) electrons. The Hall–Kier alpha value is -7.66. The van der Waals surface area contributed by atoms with Gasteiger partial charge < -0.3 is 42.9 Å². The Labute approximate surface area is 327 Å². The fourth-order valence-electron chi connectivity index (χ4n) is 5.75. The van der Waals surface area contributed by atoms with E-state index in [0.717, 1.165) is 24.3 Å². The summed E-state index contributed by atoms with van der Waals surface area (Å²) >= 11 is 0. The Bertz CT molecular complexity index is 1980. The van der Waals surface area contributed by atoms with Crippen LogP contribution in [0.3, 0.4) is 0 Å². The lowest BCUT2D eigenvalue weighted by molar-refractivity contribution is -0.387. The van der Waals surface area contributed by atoms with E-state index >= 15 is 0 Å². The molecule has 58 heavy (non-hydrogen) atoms. The van der Waals surface area contributed by atoms with Crippen molar-refractivity contribution in [2.24, 2.45) is 23.3 Å². The molecule has 0 spiro atoms. The molecule has 0 fully saturated rings. The molecule has 2 amide bonds. The molecule has 0 aliphatic heterocycles. The van der Waals surface area contributed by atoms with E-state index in [2.05, 4.69) is 21.3 Å². The monoisotopic (exact) mass is 812 g/mol. The zero-order valence-electron chi connectivity index (χ0n) is 31.2. The Morgan fingerprint density at radius 3 is 0.966 bits per heavy atom. The number of primary amides is 2. The van der Waals surface area contributed by atoms with Gasteiger partial charge in [-0.25, -0.2) is 9.59 Å². The number of carboxylic acids is 2. The van der Waals surface area contributed by atoms with Crippen LogP contribution in [0.2, 0.25) is 0 Å². The summed E-state index contributed by atoms with van der Waals surface area (Å²) in [6.07, 6.45) is -0.691. The molecule has 0 unspecified atom stereocenters. The molecule has 0 bridgehead atoms. The minimum atomic E-state index is -1.60. The third-order valence-electron chi connectivity index (χ3n) is 8.74. The number of benzene rings is 3. The van der Waals surface area contributed by atoms with Crippen LogP contribution in [0.25, 0.3) is 0 Å². The largest absolute Gasteiger partial charge is 0.480 e. The van der Waals surface area contributed by atoms with Gasteiger partial charge >= 0.3 is 11.9 Å². The number of hydrogen-bond donors (Lipinski definition) is 8. The maximum atomic E-state index is 12.3. The van der Waals surface area contributed by atoms with E-state index in [4.69, 9.17) is 11.5 Å². The van der Waals surface area contributed by atoms with Crippen molar-refractivity contribution in [3.05, 3.63) is 100 Å². The smallest absolute Gasteiger partial charge is 0.326 e. The predicted octanol–water partition coefficient (Wildman–Crippen LogP) is 3.38. The molecule has 0 saturated carbocycles. The van der Waals surface area contributed by atoms with Crippen molar-refractivity contribution in [3.63, 3.8) is 0 Å². The number of rotatable bonds is 22. The third kappa shape index (κ3) is 11.2. The van der Waals surface area contributed by atoms with Crippen molar-refractivity contribution >= 4 is 69.3 Å². The minimum Gasteiger partial charge on any atom is -0.480 e. The van der Waals surface area contributed by atoms with E-state index in [1.165, 1.54) is 24.3 Å². The molecule has 0 saturated heterocycles. The highest BCUT2D eigenvalue weighted by molar-refractivity contribution is 5.88. The van der Waals surface area contributed by atoms with Crippen LogP contribution in [0.4, 0.5) is 45.5 Å². The maximum absolute atomic E-state index is 12.3. The third-order valence-corrected chi connectivity index (χ3v) is 8.74. The van der Waals surface area contributed by atoms with Gasteiger partial charge in [0.1, 0.15) is 46.9 Å². The number of aliphatic carboxylic acids is 2. The molecule has 4 atom stereocenters. The van der Waals surface area contributed by atoms with E-state index in [9.17, 15) is 69.8 Å². The van der Waals surface area contributed by atoms with E-state index < -0.39 is 125 Å². The highest BCUT2D eigenvalue weighted by atomic mass is 16.6. The number of nitrogens with two attached hydrogens (primary N) is 2. The molecule has 24 nitrogen and oxygen atoms in total. The average Bonchev–Trinajstić information content (AvgIpc) is 3.12. The Balaban J connectivity index is 1.91. The first-order valence-corrected chi connectivity index (χ1v) is 17.1. The van der Waals surface area contributed by atoms with Gasteiger partial charge in [-0.05, 0) is 23.0 Å². The Morgan fingerprint density at radius 1 is 0.534 bits per heavy atom. The van der Waals surface area contributed by atoms with Crippen LogP contribution in [0.1, 0.15) is 38.8 Å². The molecule has 310 valence electrons. The molecule has 3 rings (SSSR count). The van der Waals surface area contributed by atoms with Crippen molar-refractivity contribution in [3.8, 4) is 0 Å². The van der Waals surface area contributed by atoms with Gasteiger partial charge in [0.25, 0.3) is 22.7 Å². The maximum Gasteiger partial charge on any atom is 0.326 e. The number of carbonyl (C=O) groups excluding carboxylic acids is 2. The van der Waals surface area contributed by atoms with E-state index in [1.807, 2.05) is 0 Å². The first kappa shape index (κ1) is 44.7. The van der Waals surface area contributed by atoms with Crippen LogP contribution < -0.4 is 32.7 Å². The number of nitrogens with one attached hydrogen (secondary N) is 4. The first-order valence-electron chi connectivity index (χ1n) is 17.1. The second kappa shape index (κ2) is 18.8. The predicted molar refractivity (Wildman–Crippen MR) is 206 cm³/mol. The SMILES string of the molecule is CC(C)[C@H](Nc1cc([N+](=O)[O-])c(N[C@@H](Cc2ccc(C[C@@H](Nc3cc([N+](=O)[O-])c(N[C@H](C(N)=O)C(C)C)cc3[N+](=O)[O-])C(=O)O)cc2)C(=O)O)cc1[N+](=O)[O-])C(N)=O. The van der Waals surface area contributed by atoms with Crippen LogP contribution in [0.5, 0.6) is 0 Å². The van der Waals surface area contributed by atoms with Gasteiger partial charge in [0, 0.05) is 37.1 Å². The number of carbonyl (C=O) groups is 4. The zero-order chi connectivity index (χ0) is 43.8.